The molecule has 3 heteroatoms. The molecule has 0 amide bonds. The zero-order valence-electron chi connectivity index (χ0n) is 15.9. The largest absolute Gasteiger partial charge is 0.396 e. The van der Waals surface area contributed by atoms with Gasteiger partial charge in [0.2, 0.25) is 0 Å². The number of aliphatic hydroxyl groups excluding tert-OH is 1. The smallest absolute Gasteiger partial charge is 0.189 e. The summed E-state index contributed by atoms with van der Waals surface area (Å²) >= 11 is 0. The highest BCUT2D eigenvalue weighted by molar-refractivity contribution is 5.95. The van der Waals surface area contributed by atoms with Gasteiger partial charge in [0, 0.05) is 12.5 Å². The number of halogens is 1. The molecule has 140 valence electrons. The van der Waals surface area contributed by atoms with Crippen LogP contribution < -0.4 is 0 Å². The van der Waals surface area contributed by atoms with E-state index in [9.17, 15) is 14.3 Å². The second kappa shape index (κ2) is 5.90. The van der Waals surface area contributed by atoms with E-state index >= 15 is 0 Å². The second-order valence-corrected chi connectivity index (χ2v) is 9.95. The standard InChI is InChI=1S/C22H33FO2/c1-13(12-24)15-6-7-16-14-4-5-18-20(23)19(25)9-11-22(18,3)17(14)8-10-21(15,16)2/h9,11,13-18,20,24H,4-8,10,12H2,1-3H3/t13?,14-,15+,16-,17-,18-,20?,21+,22+/m0/s1. The number of hydrogen-bond donors (Lipinski definition) is 1. The summed E-state index contributed by atoms with van der Waals surface area (Å²) in [7, 11) is 0. The Labute approximate surface area is 151 Å². The fraction of sp³-hybridized carbons (Fsp3) is 0.864. The molecule has 0 aromatic heterocycles. The molecule has 3 saturated carbocycles. The molecule has 2 nitrogen and oxygen atoms in total. The summed E-state index contributed by atoms with van der Waals surface area (Å²) in [6.07, 6.45) is 9.05. The van der Waals surface area contributed by atoms with E-state index in [-0.39, 0.29) is 23.7 Å². The first kappa shape index (κ1) is 17.7. The van der Waals surface area contributed by atoms with Crippen LogP contribution in [0.5, 0.6) is 0 Å². The molecular formula is C22H33FO2. The number of carbonyl (C=O) groups excluding carboxylic acids is 1. The van der Waals surface area contributed by atoms with Crippen LogP contribution in [0, 0.1) is 46.3 Å². The van der Waals surface area contributed by atoms with Gasteiger partial charge in [0.05, 0.1) is 0 Å². The number of fused-ring (bicyclic) bond motifs is 5. The lowest BCUT2D eigenvalue weighted by Gasteiger charge is -2.59. The topological polar surface area (TPSA) is 37.3 Å². The van der Waals surface area contributed by atoms with Crippen molar-refractivity contribution in [1.82, 2.24) is 0 Å². The summed E-state index contributed by atoms with van der Waals surface area (Å²) in [4.78, 5) is 11.9. The summed E-state index contributed by atoms with van der Waals surface area (Å²) in [6.45, 7) is 7.17. The average Bonchev–Trinajstić information content (AvgIpc) is 2.95. The van der Waals surface area contributed by atoms with Gasteiger partial charge in [-0.3, -0.25) is 4.79 Å². The fourth-order valence-corrected chi connectivity index (χ4v) is 7.78. The highest BCUT2D eigenvalue weighted by Crippen LogP contribution is 2.67. The van der Waals surface area contributed by atoms with Gasteiger partial charge in [0.25, 0.3) is 0 Å². The third kappa shape index (κ3) is 2.33. The Bertz CT molecular complexity index is 587. The SMILES string of the molecule is CC(CO)[C@H]1CC[C@H]2[C@@H]3CC[C@H]4C(F)C(=O)C=C[C@]4(C)[C@H]3CC[C@]12C. The molecule has 1 N–H and O–H groups in total. The Balaban J connectivity index is 1.64. The van der Waals surface area contributed by atoms with Gasteiger partial charge in [-0.1, -0.05) is 26.8 Å². The number of hydrogen-bond acceptors (Lipinski definition) is 2. The molecule has 4 aliphatic rings. The summed E-state index contributed by atoms with van der Waals surface area (Å²) in [5.41, 5.74) is 0.175. The quantitative estimate of drug-likeness (QED) is 0.794. The summed E-state index contributed by atoms with van der Waals surface area (Å²) < 4.78 is 14.6. The van der Waals surface area contributed by atoms with E-state index in [4.69, 9.17) is 0 Å². The number of allylic oxidation sites excluding steroid dienone is 2. The van der Waals surface area contributed by atoms with E-state index in [1.54, 1.807) is 0 Å². The van der Waals surface area contributed by atoms with E-state index in [0.717, 1.165) is 19.3 Å². The molecule has 2 unspecified atom stereocenters. The zero-order valence-corrected chi connectivity index (χ0v) is 15.9. The average molecular weight is 349 g/mol. The number of alkyl halides is 1. The molecule has 0 spiro atoms. The fourth-order valence-electron chi connectivity index (χ4n) is 7.78. The van der Waals surface area contributed by atoms with Crippen molar-refractivity contribution in [2.75, 3.05) is 6.61 Å². The zero-order chi connectivity index (χ0) is 18.0. The maximum atomic E-state index is 14.6. The number of aliphatic hydroxyl groups is 1. The van der Waals surface area contributed by atoms with Gasteiger partial charge in [-0.15, -0.1) is 0 Å². The molecule has 0 radical (unpaired) electrons. The van der Waals surface area contributed by atoms with Crippen molar-refractivity contribution in [3.8, 4) is 0 Å². The van der Waals surface area contributed by atoms with Gasteiger partial charge < -0.3 is 5.11 Å². The van der Waals surface area contributed by atoms with Crippen LogP contribution in [0.2, 0.25) is 0 Å². The Morgan fingerprint density at radius 2 is 1.88 bits per heavy atom. The molecule has 0 heterocycles. The van der Waals surface area contributed by atoms with Crippen LogP contribution in [0.25, 0.3) is 0 Å². The lowest BCUT2D eigenvalue weighted by atomic mass is 9.45. The van der Waals surface area contributed by atoms with Crippen molar-refractivity contribution in [2.24, 2.45) is 46.3 Å². The van der Waals surface area contributed by atoms with Crippen LogP contribution >= 0.6 is 0 Å². The first-order valence-corrected chi connectivity index (χ1v) is 10.3. The molecule has 0 bridgehead atoms. The van der Waals surface area contributed by atoms with Gasteiger partial charge in [-0.25, -0.2) is 4.39 Å². The van der Waals surface area contributed by atoms with Crippen molar-refractivity contribution in [3.05, 3.63) is 12.2 Å². The summed E-state index contributed by atoms with van der Waals surface area (Å²) in [6, 6.07) is 0. The second-order valence-electron chi connectivity index (χ2n) is 9.95. The first-order chi connectivity index (χ1) is 11.8. The van der Waals surface area contributed by atoms with Crippen LogP contribution in [0.1, 0.15) is 59.3 Å². The number of rotatable bonds is 2. The molecule has 0 aliphatic heterocycles. The van der Waals surface area contributed by atoms with Crippen molar-refractivity contribution in [2.45, 2.75) is 65.5 Å². The van der Waals surface area contributed by atoms with Gasteiger partial charge >= 0.3 is 0 Å². The molecular weight excluding hydrogens is 315 g/mol. The Morgan fingerprint density at radius 3 is 2.60 bits per heavy atom. The minimum Gasteiger partial charge on any atom is -0.396 e. The third-order valence-corrected chi connectivity index (χ3v) is 9.13. The molecule has 4 aliphatic carbocycles. The Morgan fingerprint density at radius 1 is 1.16 bits per heavy atom. The molecule has 0 saturated heterocycles. The maximum absolute atomic E-state index is 14.6. The lowest BCUT2D eigenvalue weighted by molar-refractivity contribution is -0.133. The molecule has 0 aromatic carbocycles. The molecule has 4 rings (SSSR count). The van der Waals surface area contributed by atoms with Gasteiger partial charge in [-0.05, 0) is 85.0 Å². The van der Waals surface area contributed by atoms with Crippen molar-refractivity contribution >= 4 is 5.78 Å². The molecule has 9 atom stereocenters. The van der Waals surface area contributed by atoms with E-state index in [1.165, 1.54) is 25.3 Å². The van der Waals surface area contributed by atoms with Gasteiger partial charge in [0.15, 0.2) is 12.0 Å². The number of ketones is 1. The van der Waals surface area contributed by atoms with Crippen molar-refractivity contribution < 1.29 is 14.3 Å². The number of carbonyl (C=O) groups is 1. The van der Waals surface area contributed by atoms with Crippen LogP contribution in [0.4, 0.5) is 4.39 Å². The molecule has 0 aromatic rings. The summed E-state index contributed by atoms with van der Waals surface area (Å²) in [5.74, 6) is 2.42. The molecule has 3 fully saturated rings. The maximum Gasteiger partial charge on any atom is 0.189 e. The van der Waals surface area contributed by atoms with Crippen LogP contribution in [0.3, 0.4) is 0 Å². The van der Waals surface area contributed by atoms with E-state index < -0.39 is 6.17 Å². The van der Waals surface area contributed by atoms with Gasteiger partial charge in [0.1, 0.15) is 0 Å². The monoisotopic (exact) mass is 348 g/mol. The van der Waals surface area contributed by atoms with Crippen molar-refractivity contribution in [1.29, 1.82) is 0 Å². The van der Waals surface area contributed by atoms with E-state index in [1.807, 2.05) is 0 Å². The Hall–Kier alpha value is -0.700. The third-order valence-electron chi connectivity index (χ3n) is 9.13. The normalized spacial score (nSPS) is 53.1. The van der Waals surface area contributed by atoms with E-state index in [0.29, 0.717) is 35.0 Å². The predicted molar refractivity (Wildman–Crippen MR) is 96.7 cm³/mol. The first-order valence-electron chi connectivity index (χ1n) is 10.3. The van der Waals surface area contributed by atoms with Crippen LogP contribution in [0.15, 0.2) is 12.2 Å². The minimum atomic E-state index is -1.30. The molecule has 25 heavy (non-hydrogen) atoms. The van der Waals surface area contributed by atoms with Crippen molar-refractivity contribution in [3.63, 3.8) is 0 Å². The predicted octanol–water partition coefficient (Wildman–Crippen LogP) is 4.57. The minimum absolute atomic E-state index is 0.121. The van der Waals surface area contributed by atoms with Gasteiger partial charge in [-0.2, -0.15) is 0 Å². The van der Waals surface area contributed by atoms with Crippen LogP contribution in [-0.4, -0.2) is 23.7 Å². The highest BCUT2D eigenvalue weighted by atomic mass is 19.1. The highest BCUT2D eigenvalue weighted by Gasteiger charge is 2.61. The van der Waals surface area contributed by atoms with Crippen LogP contribution in [-0.2, 0) is 4.79 Å². The lowest BCUT2D eigenvalue weighted by Crippen LogP contribution is -2.55. The van der Waals surface area contributed by atoms with E-state index in [2.05, 4.69) is 26.8 Å². The Kier molecular flexibility index (Phi) is 4.18. The summed E-state index contributed by atoms with van der Waals surface area (Å²) in [5, 5.41) is 9.70.